The summed E-state index contributed by atoms with van der Waals surface area (Å²) in [5.41, 5.74) is 0. The summed E-state index contributed by atoms with van der Waals surface area (Å²) in [6, 6.07) is 1.81. The molecule has 2 unspecified atom stereocenters. The number of rotatable bonds is 2. The summed E-state index contributed by atoms with van der Waals surface area (Å²) >= 11 is 4.70. The minimum atomic E-state index is -1.11. The zero-order valence-corrected chi connectivity index (χ0v) is 7.30. The van der Waals surface area contributed by atoms with Crippen molar-refractivity contribution < 1.29 is 14.7 Å². The molecule has 1 rings (SSSR count). The van der Waals surface area contributed by atoms with Gasteiger partial charge in [0.1, 0.15) is 10.9 Å². The summed E-state index contributed by atoms with van der Waals surface area (Å²) in [7, 11) is 0. The fourth-order valence-corrected chi connectivity index (χ4v) is 1.49. The minimum absolute atomic E-state index is 0.124. The van der Waals surface area contributed by atoms with E-state index in [0.717, 1.165) is 0 Å². The van der Waals surface area contributed by atoms with Crippen molar-refractivity contribution in [1.29, 1.82) is 5.26 Å². The van der Waals surface area contributed by atoms with Crippen LogP contribution in [0.5, 0.6) is 0 Å². The smallest absolute Gasteiger partial charge is 0.304 e. The molecule has 0 aliphatic carbocycles. The van der Waals surface area contributed by atoms with Crippen molar-refractivity contribution in [3.63, 3.8) is 0 Å². The Hall–Kier alpha value is -1.48. The second kappa shape index (κ2) is 3.49. The minimum Gasteiger partial charge on any atom is -0.481 e. The number of carbonyl (C=O) groups is 2. The van der Waals surface area contributed by atoms with Crippen molar-refractivity contribution in [3.8, 4) is 6.07 Å². The topological polar surface area (TPSA) is 90.2 Å². The van der Waals surface area contributed by atoms with E-state index in [1.165, 1.54) is 0 Å². The molecule has 1 aliphatic heterocycles. The van der Waals surface area contributed by atoms with Crippen molar-refractivity contribution in [2.75, 3.05) is 0 Å². The van der Waals surface area contributed by atoms with Gasteiger partial charge >= 0.3 is 5.97 Å². The Morgan fingerprint density at radius 1 is 1.77 bits per heavy atom. The molecule has 5 nitrogen and oxygen atoms in total. The van der Waals surface area contributed by atoms with Crippen LogP contribution in [0.3, 0.4) is 0 Å². The number of aliphatic carboxylic acids is 1. The first-order chi connectivity index (χ1) is 6.06. The van der Waals surface area contributed by atoms with E-state index in [1.807, 2.05) is 6.07 Å². The lowest BCUT2D eigenvalue weighted by Crippen LogP contribution is -2.22. The number of amides is 1. The first kappa shape index (κ1) is 9.61. The lowest BCUT2D eigenvalue weighted by molar-refractivity contribution is -0.140. The Kier molecular flexibility index (Phi) is 2.58. The second-order valence-electron chi connectivity index (χ2n) is 2.66. The van der Waals surface area contributed by atoms with Gasteiger partial charge in [0.2, 0.25) is 5.91 Å². The van der Waals surface area contributed by atoms with Gasteiger partial charge in [-0.2, -0.15) is 5.26 Å². The van der Waals surface area contributed by atoms with Crippen molar-refractivity contribution in [3.05, 3.63) is 0 Å². The SMILES string of the molecule is N#CC1C(=S)NC(=O)C1CC(=O)O. The van der Waals surface area contributed by atoms with Crippen molar-refractivity contribution in [2.45, 2.75) is 6.42 Å². The molecule has 1 saturated heterocycles. The Morgan fingerprint density at radius 2 is 2.38 bits per heavy atom. The Bertz CT molecular complexity index is 320. The van der Waals surface area contributed by atoms with Gasteiger partial charge < -0.3 is 10.4 Å². The number of hydrogen-bond donors (Lipinski definition) is 2. The molecule has 1 fully saturated rings. The molecule has 13 heavy (non-hydrogen) atoms. The fraction of sp³-hybridized carbons (Fsp3) is 0.429. The highest BCUT2D eigenvalue weighted by molar-refractivity contribution is 7.80. The van der Waals surface area contributed by atoms with Crippen LogP contribution < -0.4 is 5.32 Å². The molecule has 2 N–H and O–H groups in total. The summed E-state index contributed by atoms with van der Waals surface area (Å²) < 4.78 is 0. The Balaban J connectivity index is 2.82. The van der Waals surface area contributed by atoms with E-state index >= 15 is 0 Å². The standard InChI is InChI=1S/C7H6N2O3S/c8-2-4-3(1-5(10)11)6(12)9-7(4)13/h3-4H,1H2,(H,10,11)(H,9,12,13). The average molecular weight is 198 g/mol. The van der Waals surface area contributed by atoms with E-state index in [1.54, 1.807) is 0 Å². The van der Waals surface area contributed by atoms with Crippen molar-refractivity contribution in [1.82, 2.24) is 5.32 Å². The highest BCUT2D eigenvalue weighted by Crippen LogP contribution is 2.22. The van der Waals surface area contributed by atoms with Gasteiger partial charge in [-0.15, -0.1) is 0 Å². The van der Waals surface area contributed by atoms with E-state index in [9.17, 15) is 9.59 Å². The zero-order chi connectivity index (χ0) is 10.0. The molecule has 0 aromatic rings. The van der Waals surface area contributed by atoms with Crippen LogP contribution in [-0.4, -0.2) is 22.0 Å². The molecule has 0 spiro atoms. The van der Waals surface area contributed by atoms with Gasteiger partial charge in [-0.1, -0.05) is 12.2 Å². The summed E-state index contributed by atoms with van der Waals surface area (Å²) in [5, 5.41) is 19.4. The quantitative estimate of drug-likeness (QED) is 0.593. The first-order valence-corrected chi connectivity index (χ1v) is 3.93. The third kappa shape index (κ3) is 1.81. The number of nitrogens with one attached hydrogen (secondary N) is 1. The number of carbonyl (C=O) groups excluding carboxylic acids is 1. The molecule has 0 saturated carbocycles. The molecule has 0 aromatic heterocycles. The van der Waals surface area contributed by atoms with Gasteiger partial charge in [0.05, 0.1) is 18.4 Å². The molecule has 0 bridgehead atoms. The summed E-state index contributed by atoms with van der Waals surface area (Å²) in [6.45, 7) is 0. The number of nitrogens with zero attached hydrogens (tertiary/aromatic N) is 1. The van der Waals surface area contributed by atoms with Gasteiger partial charge in [0.25, 0.3) is 0 Å². The molecule has 6 heteroatoms. The van der Waals surface area contributed by atoms with Crippen LogP contribution in [0.1, 0.15) is 6.42 Å². The maximum atomic E-state index is 11.1. The fourth-order valence-electron chi connectivity index (χ4n) is 1.17. The normalized spacial score (nSPS) is 26.7. The van der Waals surface area contributed by atoms with E-state index < -0.39 is 23.7 Å². The van der Waals surface area contributed by atoms with E-state index in [4.69, 9.17) is 22.6 Å². The van der Waals surface area contributed by atoms with Crippen LogP contribution >= 0.6 is 12.2 Å². The summed E-state index contributed by atoms with van der Waals surface area (Å²) in [4.78, 5) is 21.5. The molecular formula is C7H6N2O3S. The molecule has 68 valence electrons. The lowest BCUT2D eigenvalue weighted by atomic mass is 9.94. The first-order valence-electron chi connectivity index (χ1n) is 3.52. The average Bonchev–Trinajstić information content (AvgIpc) is 2.26. The zero-order valence-electron chi connectivity index (χ0n) is 6.48. The van der Waals surface area contributed by atoms with Crippen LogP contribution in [0.15, 0.2) is 0 Å². The van der Waals surface area contributed by atoms with Crippen LogP contribution in [-0.2, 0) is 9.59 Å². The van der Waals surface area contributed by atoms with Gasteiger partial charge in [-0.05, 0) is 0 Å². The summed E-state index contributed by atoms with van der Waals surface area (Å²) in [5.74, 6) is -3.21. The molecule has 0 aromatic carbocycles. The number of carboxylic acid groups (broad SMARTS) is 1. The molecule has 2 atom stereocenters. The molecule has 1 amide bonds. The predicted octanol–water partition coefficient (Wildman–Crippen LogP) is -0.326. The van der Waals surface area contributed by atoms with Crippen LogP contribution in [0.25, 0.3) is 0 Å². The van der Waals surface area contributed by atoms with Gasteiger partial charge in [0, 0.05) is 0 Å². The highest BCUT2D eigenvalue weighted by Gasteiger charge is 2.40. The Labute approximate surface area is 79.3 Å². The number of nitriles is 1. The van der Waals surface area contributed by atoms with E-state index in [0.29, 0.717) is 0 Å². The maximum Gasteiger partial charge on any atom is 0.304 e. The van der Waals surface area contributed by atoms with Crippen molar-refractivity contribution in [2.24, 2.45) is 11.8 Å². The van der Waals surface area contributed by atoms with E-state index in [2.05, 4.69) is 5.32 Å². The second-order valence-corrected chi connectivity index (χ2v) is 3.10. The summed E-state index contributed by atoms with van der Waals surface area (Å²) in [6.07, 6.45) is -0.357. The Morgan fingerprint density at radius 3 is 2.85 bits per heavy atom. The number of thiocarbonyl (C=S) groups is 1. The van der Waals surface area contributed by atoms with Crippen LogP contribution in [0, 0.1) is 23.2 Å². The monoisotopic (exact) mass is 198 g/mol. The maximum absolute atomic E-state index is 11.1. The van der Waals surface area contributed by atoms with Gasteiger partial charge in [-0.3, -0.25) is 9.59 Å². The third-order valence-corrected chi connectivity index (χ3v) is 2.16. The largest absolute Gasteiger partial charge is 0.481 e. The van der Waals surface area contributed by atoms with E-state index in [-0.39, 0.29) is 11.4 Å². The number of carboxylic acids is 1. The molecule has 1 heterocycles. The van der Waals surface area contributed by atoms with Crippen LogP contribution in [0.4, 0.5) is 0 Å². The van der Waals surface area contributed by atoms with Crippen molar-refractivity contribution >= 4 is 29.1 Å². The highest BCUT2D eigenvalue weighted by atomic mass is 32.1. The third-order valence-electron chi connectivity index (χ3n) is 1.80. The molecule has 0 radical (unpaired) electrons. The lowest BCUT2D eigenvalue weighted by Gasteiger charge is -2.04. The van der Waals surface area contributed by atoms with Gasteiger partial charge in [-0.25, -0.2) is 0 Å². The predicted molar refractivity (Wildman–Crippen MR) is 45.6 cm³/mol. The van der Waals surface area contributed by atoms with Gasteiger partial charge in [0.15, 0.2) is 0 Å². The molecule has 1 aliphatic rings. The molecular weight excluding hydrogens is 192 g/mol. The van der Waals surface area contributed by atoms with Crippen LogP contribution in [0.2, 0.25) is 0 Å². The number of hydrogen-bond acceptors (Lipinski definition) is 4.